The molecule has 1 amide bonds. The third kappa shape index (κ3) is 4.81. The van der Waals surface area contributed by atoms with Crippen LogP contribution >= 0.6 is 11.8 Å². The van der Waals surface area contributed by atoms with Gasteiger partial charge in [-0.25, -0.2) is 0 Å². The molecule has 0 bridgehead atoms. The lowest BCUT2D eigenvalue weighted by Gasteiger charge is -2.22. The second-order valence-electron chi connectivity index (χ2n) is 7.03. The van der Waals surface area contributed by atoms with E-state index in [0.29, 0.717) is 34.7 Å². The van der Waals surface area contributed by atoms with Gasteiger partial charge in [0.2, 0.25) is 18.6 Å². The second-order valence-corrected chi connectivity index (χ2v) is 7.96. The minimum Gasteiger partial charge on any atom is -0.454 e. The summed E-state index contributed by atoms with van der Waals surface area (Å²) in [6.45, 7) is 4.47. The number of ether oxygens (including phenoxy) is 2. The smallest absolute Gasteiger partial charge is 0.277 e. The van der Waals surface area contributed by atoms with Crippen molar-refractivity contribution in [3.63, 3.8) is 0 Å². The van der Waals surface area contributed by atoms with Gasteiger partial charge in [0.25, 0.3) is 5.22 Å². The van der Waals surface area contributed by atoms with Crippen LogP contribution in [-0.2, 0) is 4.79 Å². The van der Waals surface area contributed by atoms with Gasteiger partial charge in [-0.05, 0) is 55.3 Å². The molecule has 0 radical (unpaired) electrons. The highest BCUT2D eigenvalue weighted by Gasteiger charge is 2.20. The van der Waals surface area contributed by atoms with E-state index in [0.717, 1.165) is 28.6 Å². The quantitative estimate of drug-likeness (QED) is 0.510. The van der Waals surface area contributed by atoms with Crippen molar-refractivity contribution in [3.05, 3.63) is 47.5 Å². The van der Waals surface area contributed by atoms with Gasteiger partial charge in [0.15, 0.2) is 11.5 Å². The second kappa shape index (κ2) is 9.10. The molecule has 9 heteroatoms. The number of aryl methyl sites for hydroxylation is 2. The Morgan fingerprint density at radius 1 is 1.13 bits per heavy atom. The van der Waals surface area contributed by atoms with E-state index in [4.69, 9.17) is 19.2 Å². The Labute approximate surface area is 183 Å². The molecule has 4 rings (SSSR count). The summed E-state index contributed by atoms with van der Waals surface area (Å²) < 4.78 is 16.4. The number of carbonyl (C=O) groups excluding carboxylic acids is 1. The fraction of sp³-hybridized carbons (Fsp3) is 0.273. The molecule has 2 aromatic carbocycles. The van der Waals surface area contributed by atoms with Gasteiger partial charge in [0.05, 0.1) is 18.2 Å². The maximum absolute atomic E-state index is 12.9. The number of nitriles is 1. The van der Waals surface area contributed by atoms with Gasteiger partial charge in [-0.15, -0.1) is 10.2 Å². The van der Waals surface area contributed by atoms with Crippen LogP contribution < -0.4 is 14.4 Å². The zero-order valence-electron chi connectivity index (χ0n) is 17.1. The fourth-order valence-corrected chi connectivity index (χ4v) is 3.92. The number of amides is 1. The predicted molar refractivity (Wildman–Crippen MR) is 115 cm³/mol. The SMILES string of the molecule is Cc1cc(C)cc(N(CCC#N)C(=O)CSc2nnc(-c3ccc4c(c3)OCO4)o2)c1. The molecule has 0 atom stereocenters. The van der Waals surface area contributed by atoms with Crippen LogP contribution in [-0.4, -0.2) is 35.2 Å². The number of thioether (sulfide) groups is 1. The number of fused-ring (bicyclic) bond motifs is 1. The van der Waals surface area contributed by atoms with Crippen LogP contribution in [0.2, 0.25) is 0 Å². The average molecular weight is 436 g/mol. The first-order valence-corrected chi connectivity index (χ1v) is 10.6. The standard InChI is InChI=1S/C22H20N4O4S/c1-14-8-15(2)10-17(9-14)26(7-3-6-23)20(27)12-31-22-25-24-21(30-22)16-4-5-18-19(11-16)29-13-28-18/h4-5,8-11H,3,7,12-13H2,1-2H3. The number of nitrogens with zero attached hydrogens (tertiary/aromatic N) is 4. The maximum Gasteiger partial charge on any atom is 0.277 e. The Morgan fingerprint density at radius 2 is 1.90 bits per heavy atom. The number of carbonyl (C=O) groups is 1. The molecule has 2 heterocycles. The van der Waals surface area contributed by atoms with E-state index >= 15 is 0 Å². The van der Waals surface area contributed by atoms with Crippen molar-refractivity contribution in [1.29, 1.82) is 5.26 Å². The summed E-state index contributed by atoms with van der Waals surface area (Å²) in [5.41, 5.74) is 3.61. The number of anilines is 1. The summed E-state index contributed by atoms with van der Waals surface area (Å²) in [6.07, 6.45) is 0.248. The van der Waals surface area contributed by atoms with E-state index in [1.807, 2.05) is 38.1 Å². The van der Waals surface area contributed by atoms with Gasteiger partial charge < -0.3 is 18.8 Å². The number of aromatic nitrogens is 2. The van der Waals surface area contributed by atoms with E-state index in [1.54, 1.807) is 17.0 Å². The molecule has 8 nitrogen and oxygen atoms in total. The van der Waals surface area contributed by atoms with Crippen LogP contribution in [0.25, 0.3) is 11.5 Å². The molecule has 0 saturated heterocycles. The fourth-order valence-electron chi connectivity index (χ4n) is 3.28. The first-order chi connectivity index (χ1) is 15.0. The number of hydrogen-bond donors (Lipinski definition) is 0. The molecule has 158 valence electrons. The molecule has 0 fully saturated rings. The minimum absolute atomic E-state index is 0.112. The lowest BCUT2D eigenvalue weighted by Crippen LogP contribution is -2.33. The molecule has 31 heavy (non-hydrogen) atoms. The van der Waals surface area contributed by atoms with Crippen molar-refractivity contribution in [1.82, 2.24) is 10.2 Å². The Bertz CT molecular complexity index is 1130. The number of hydrogen-bond acceptors (Lipinski definition) is 8. The van der Waals surface area contributed by atoms with Crippen molar-refractivity contribution in [3.8, 4) is 29.0 Å². The summed E-state index contributed by atoms with van der Waals surface area (Å²) in [5.74, 6) is 1.62. The van der Waals surface area contributed by atoms with Gasteiger partial charge >= 0.3 is 0 Å². The normalized spacial score (nSPS) is 11.9. The maximum atomic E-state index is 12.9. The molecule has 0 spiro atoms. The zero-order chi connectivity index (χ0) is 21.8. The summed E-state index contributed by atoms with van der Waals surface area (Å²) in [6, 6.07) is 13.4. The lowest BCUT2D eigenvalue weighted by molar-refractivity contribution is -0.116. The Hall–Kier alpha value is -3.51. The zero-order valence-corrected chi connectivity index (χ0v) is 17.9. The van der Waals surface area contributed by atoms with Gasteiger partial charge in [-0.1, -0.05) is 17.8 Å². The summed E-state index contributed by atoms with van der Waals surface area (Å²) in [5, 5.41) is 17.4. The largest absolute Gasteiger partial charge is 0.454 e. The molecule has 1 aliphatic heterocycles. The number of rotatable bonds is 7. The van der Waals surface area contributed by atoms with E-state index in [9.17, 15) is 4.79 Å². The molecular weight excluding hydrogens is 416 g/mol. The van der Waals surface area contributed by atoms with Crippen molar-refractivity contribution >= 4 is 23.4 Å². The van der Waals surface area contributed by atoms with Crippen LogP contribution in [0, 0.1) is 25.2 Å². The minimum atomic E-state index is -0.131. The molecule has 0 saturated carbocycles. The number of benzene rings is 2. The third-order valence-electron chi connectivity index (χ3n) is 4.61. The monoisotopic (exact) mass is 436 g/mol. The van der Waals surface area contributed by atoms with Gasteiger partial charge in [0.1, 0.15) is 0 Å². The highest BCUT2D eigenvalue weighted by molar-refractivity contribution is 7.99. The topological polar surface area (TPSA) is 101 Å². The lowest BCUT2D eigenvalue weighted by atomic mass is 10.1. The molecule has 0 aliphatic carbocycles. The van der Waals surface area contributed by atoms with E-state index < -0.39 is 0 Å². The molecular formula is C22H20N4O4S. The molecule has 3 aromatic rings. The van der Waals surface area contributed by atoms with E-state index in [-0.39, 0.29) is 24.9 Å². The first kappa shape index (κ1) is 20.8. The van der Waals surface area contributed by atoms with Crippen molar-refractivity contribution in [2.75, 3.05) is 24.0 Å². The summed E-state index contributed by atoms with van der Waals surface area (Å²) >= 11 is 1.16. The van der Waals surface area contributed by atoms with Gasteiger partial charge in [-0.3, -0.25) is 4.79 Å². The first-order valence-electron chi connectivity index (χ1n) is 9.65. The van der Waals surface area contributed by atoms with Crippen LogP contribution in [0.5, 0.6) is 11.5 Å². The summed E-state index contributed by atoms with van der Waals surface area (Å²) in [4.78, 5) is 14.6. The van der Waals surface area contributed by atoms with Crippen molar-refractivity contribution in [2.24, 2.45) is 0 Å². The molecule has 0 unspecified atom stereocenters. The molecule has 1 aliphatic rings. The molecule has 0 N–H and O–H groups in total. The molecule has 1 aromatic heterocycles. The third-order valence-corrected chi connectivity index (χ3v) is 5.41. The highest BCUT2D eigenvalue weighted by atomic mass is 32.2. The van der Waals surface area contributed by atoms with Crippen molar-refractivity contribution in [2.45, 2.75) is 25.5 Å². The Morgan fingerprint density at radius 3 is 2.68 bits per heavy atom. The van der Waals surface area contributed by atoms with Crippen LogP contribution in [0.4, 0.5) is 5.69 Å². The van der Waals surface area contributed by atoms with Gasteiger partial charge in [-0.2, -0.15) is 5.26 Å². The Kier molecular flexibility index (Phi) is 6.09. The van der Waals surface area contributed by atoms with Gasteiger partial charge in [0, 0.05) is 17.8 Å². The average Bonchev–Trinajstić information content (AvgIpc) is 3.40. The van der Waals surface area contributed by atoms with Crippen LogP contribution in [0.3, 0.4) is 0 Å². The predicted octanol–water partition coefficient (Wildman–Crippen LogP) is 4.12. The van der Waals surface area contributed by atoms with Crippen LogP contribution in [0.15, 0.2) is 46.0 Å². The van der Waals surface area contributed by atoms with Crippen molar-refractivity contribution < 1.29 is 18.7 Å². The Balaban J connectivity index is 1.45. The highest BCUT2D eigenvalue weighted by Crippen LogP contribution is 2.36. The van der Waals surface area contributed by atoms with E-state index in [2.05, 4.69) is 16.3 Å². The van der Waals surface area contributed by atoms with E-state index in [1.165, 1.54) is 0 Å². The van der Waals surface area contributed by atoms with Crippen LogP contribution in [0.1, 0.15) is 17.5 Å². The summed E-state index contributed by atoms with van der Waals surface area (Å²) in [7, 11) is 0.